The molecule has 20 heavy (non-hydrogen) atoms. The Morgan fingerprint density at radius 2 is 2.20 bits per heavy atom. The average Bonchev–Trinajstić information content (AvgIpc) is 2.38. The van der Waals surface area contributed by atoms with Crippen LogP contribution in [0.15, 0.2) is 16.0 Å². The van der Waals surface area contributed by atoms with Crippen molar-refractivity contribution >= 4 is 23.7 Å². The summed E-state index contributed by atoms with van der Waals surface area (Å²) >= 11 is 1.10. The zero-order chi connectivity index (χ0) is 15.1. The van der Waals surface area contributed by atoms with Crippen molar-refractivity contribution in [2.45, 2.75) is 37.1 Å². The fourth-order valence-electron chi connectivity index (χ4n) is 1.42. The standard InChI is InChI=1S/C12H18N4O3S/c1-4-5-8-6-9(17)15-12(14-8)20-7(2)10(18)16-11(19)13-3/h6-7H,4-5H2,1-3H3,(H,14,15,17)(H2,13,16,18,19)/t7-/m0/s1. The van der Waals surface area contributed by atoms with Crippen molar-refractivity contribution in [3.8, 4) is 0 Å². The van der Waals surface area contributed by atoms with Crippen molar-refractivity contribution < 1.29 is 9.59 Å². The summed E-state index contributed by atoms with van der Waals surface area (Å²) in [6, 6.07) is 0.881. The van der Waals surface area contributed by atoms with Crippen LogP contribution >= 0.6 is 11.8 Å². The smallest absolute Gasteiger partial charge is 0.321 e. The van der Waals surface area contributed by atoms with Gasteiger partial charge >= 0.3 is 6.03 Å². The number of carbonyl (C=O) groups excluding carboxylic acids is 2. The first-order valence-corrected chi connectivity index (χ1v) is 7.13. The number of amides is 3. The summed E-state index contributed by atoms with van der Waals surface area (Å²) in [4.78, 5) is 41.1. The maximum atomic E-state index is 11.7. The maximum absolute atomic E-state index is 11.7. The number of thioether (sulfide) groups is 1. The van der Waals surface area contributed by atoms with Crippen LogP contribution in [0.2, 0.25) is 0 Å². The molecular weight excluding hydrogens is 280 g/mol. The summed E-state index contributed by atoms with van der Waals surface area (Å²) in [6.07, 6.45) is 1.59. The van der Waals surface area contributed by atoms with Crippen molar-refractivity contribution in [2.24, 2.45) is 0 Å². The van der Waals surface area contributed by atoms with E-state index in [0.29, 0.717) is 17.3 Å². The molecule has 0 saturated heterocycles. The highest BCUT2D eigenvalue weighted by Crippen LogP contribution is 2.18. The van der Waals surface area contributed by atoms with Crippen LogP contribution in [0.5, 0.6) is 0 Å². The number of nitrogens with one attached hydrogen (secondary N) is 3. The van der Waals surface area contributed by atoms with Crippen LogP contribution < -0.4 is 16.2 Å². The van der Waals surface area contributed by atoms with E-state index in [1.807, 2.05) is 6.92 Å². The highest BCUT2D eigenvalue weighted by molar-refractivity contribution is 8.00. The van der Waals surface area contributed by atoms with Crippen LogP contribution in [0.3, 0.4) is 0 Å². The van der Waals surface area contributed by atoms with Gasteiger partial charge in [-0.2, -0.15) is 0 Å². The van der Waals surface area contributed by atoms with E-state index in [9.17, 15) is 14.4 Å². The second-order valence-corrected chi connectivity index (χ2v) is 5.45. The van der Waals surface area contributed by atoms with Gasteiger partial charge < -0.3 is 10.3 Å². The van der Waals surface area contributed by atoms with Crippen LogP contribution in [-0.2, 0) is 11.2 Å². The Hall–Kier alpha value is -1.83. The van der Waals surface area contributed by atoms with E-state index in [1.165, 1.54) is 13.1 Å². The molecule has 8 heteroatoms. The highest BCUT2D eigenvalue weighted by Gasteiger charge is 2.17. The largest absolute Gasteiger partial charge is 0.341 e. The van der Waals surface area contributed by atoms with Crippen molar-refractivity contribution in [3.05, 3.63) is 22.1 Å². The number of carbonyl (C=O) groups is 2. The predicted molar refractivity (Wildman–Crippen MR) is 76.8 cm³/mol. The SMILES string of the molecule is CCCc1cc(=O)[nH]c(S[C@@H](C)C(=O)NC(=O)NC)n1. The lowest BCUT2D eigenvalue weighted by Gasteiger charge is -2.10. The van der Waals surface area contributed by atoms with Gasteiger partial charge in [-0.15, -0.1) is 0 Å². The highest BCUT2D eigenvalue weighted by atomic mass is 32.2. The molecule has 0 aromatic carbocycles. The molecule has 3 amide bonds. The number of aromatic amines is 1. The lowest BCUT2D eigenvalue weighted by molar-refractivity contribution is -0.119. The topological polar surface area (TPSA) is 104 Å². The molecule has 0 unspecified atom stereocenters. The minimum Gasteiger partial charge on any atom is -0.341 e. The Balaban J connectivity index is 2.74. The van der Waals surface area contributed by atoms with Crippen LogP contribution in [0.1, 0.15) is 26.0 Å². The molecule has 0 aliphatic rings. The molecule has 1 heterocycles. The molecule has 0 aliphatic heterocycles. The summed E-state index contributed by atoms with van der Waals surface area (Å²) in [6.45, 7) is 3.63. The number of nitrogens with zero attached hydrogens (tertiary/aromatic N) is 1. The van der Waals surface area contributed by atoms with Crippen LogP contribution in [-0.4, -0.2) is 34.2 Å². The quantitative estimate of drug-likeness (QED) is 0.547. The molecule has 0 aliphatic carbocycles. The van der Waals surface area contributed by atoms with Gasteiger partial charge in [0.15, 0.2) is 5.16 Å². The average molecular weight is 298 g/mol. The van der Waals surface area contributed by atoms with Gasteiger partial charge in [-0.25, -0.2) is 9.78 Å². The zero-order valence-electron chi connectivity index (χ0n) is 11.6. The number of aryl methyl sites for hydroxylation is 1. The summed E-state index contributed by atoms with van der Waals surface area (Å²) in [5, 5.41) is 4.30. The number of hydrogen-bond donors (Lipinski definition) is 3. The summed E-state index contributed by atoms with van der Waals surface area (Å²) < 4.78 is 0. The third kappa shape index (κ3) is 5.04. The van der Waals surface area contributed by atoms with E-state index in [0.717, 1.165) is 18.2 Å². The van der Waals surface area contributed by atoms with E-state index >= 15 is 0 Å². The van der Waals surface area contributed by atoms with E-state index in [1.54, 1.807) is 6.92 Å². The van der Waals surface area contributed by atoms with Crippen LogP contribution in [0, 0.1) is 0 Å². The van der Waals surface area contributed by atoms with Crippen molar-refractivity contribution in [1.29, 1.82) is 0 Å². The van der Waals surface area contributed by atoms with E-state index in [4.69, 9.17) is 0 Å². The van der Waals surface area contributed by atoms with Gasteiger partial charge in [0.25, 0.3) is 5.56 Å². The number of imide groups is 1. The summed E-state index contributed by atoms with van der Waals surface area (Å²) in [7, 11) is 1.42. The second-order valence-electron chi connectivity index (χ2n) is 4.12. The third-order valence-corrected chi connectivity index (χ3v) is 3.38. The van der Waals surface area contributed by atoms with E-state index in [2.05, 4.69) is 20.6 Å². The molecule has 3 N–H and O–H groups in total. The van der Waals surface area contributed by atoms with Gasteiger partial charge in [0.05, 0.1) is 5.25 Å². The Bertz CT molecular complexity index is 544. The van der Waals surface area contributed by atoms with Crippen molar-refractivity contribution in [3.63, 3.8) is 0 Å². The summed E-state index contributed by atoms with van der Waals surface area (Å²) in [5.41, 5.74) is 0.447. The maximum Gasteiger partial charge on any atom is 0.321 e. The van der Waals surface area contributed by atoms with Crippen molar-refractivity contribution in [1.82, 2.24) is 20.6 Å². The number of aromatic nitrogens is 2. The van der Waals surface area contributed by atoms with E-state index in [-0.39, 0.29) is 5.56 Å². The normalized spacial score (nSPS) is 11.8. The Morgan fingerprint density at radius 3 is 2.80 bits per heavy atom. The van der Waals surface area contributed by atoms with Gasteiger partial charge in [0.1, 0.15) is 0 Å². The molecule has 7 nitrogen and oxygen atoms in total. The third-order valence-electron chi connectivity index (χ3n) is 2.40. The molecule has 0 saturated carbocycles. The van der Waals surface area contributed by atoms with Gasteiger partial charge in [-0.3, -0.25) is 14.9 Å². The number of H-pyrrole nitrogens is 1. The minimum absolute atomic E-state index is 0.246. The predicted octanol–water partition coefficient (Wildman–Crippen LogP) is 0.659. The van der Waals surface area contributed by atoms with Gasteiger partial charge in [-0.05, 0) is 13.3 Å². The first kappa shape index (κ1) is 16.2. The molecule has 1 atom stereocenters. The fourth-order valence-corrected chi connectivity index (χ4v) is 2.25. The van der Waals surface area contributed by atoms with Crippen molar-refractivity contribution in [2.75, 3.05) is 7.05 Å². The first-order valence-electron chi connectivity index (χ1n) is 6.25. The first-order chi connectivity index (χ1) is 9.46. The monoisotopic (exact) mass is 298 g/mol. The number of rotatable bonds is 5. The van der Waals surface area contributed by atoms with Gasteiger partial charge in [0.2, 0.25) is 5.91 Å². The molecule has 1 aromatic heterocycles. The lowest BCUT2D eigenvalue weighted by Crippen LogP contribution is -2.41. The molecule has 0 radical (unpaired) electrons. The molecule has 1 rings (SSSR count). The van der Waals surface area contributed by atoms with Gasteiger partial charge in [-0.1, -0.05) is 25.1 Å². The number of urea groups is 1. The molecule has 0 fully saturated rings. The minimum atomic E-state index is -0.566. The zero-order valence-corrected chi connectivity index (χ0v) is 12.5. The Morgan fingerprint density at radius 1 is 1.50 bits per heavy atom. The van der Waals surface area contributed by atoms with Crippen LogP contribution in [0.4, 0.5) is 4.79 Å². The molecule has 1 aromatic rings. The second kappa shape index (κ2) is 7.68. The number of hydrogen-bond acceptors (Lipinski definition) is 5. The van der Waals surface area contributed by atoms with E-state index < -0.39 is 17.2 Å². The molecule has 0 bridgehead atoms. The molecule has 110 valence electrons. The van der Waals surface area contributed by atoms with Crippen LogP contribution in [0.25, 0.3) is 0 Å². The summed E-state index contributed by atoms with van der Waals surface area (Å²) in [5.74, 6) is -0.446. The Labute approximate surface area is 120 Å². The molecular formula is C12H18N4O3S. The lowest BCUT2D eigenvalue weighted by atomic mass is 10.2. The van der Waals surface area contributed by atoms with Gasteiger partial charge in [0, 0.05) is 18.8 Å². The molecule has 0 spiro atoms. The fraction of sp³-hybridized carbons (Fsp3) is 0.500. The Kier molecular flexibility index (Phi) is 6.23.